The molecule has 128 valence electrons. The van der Waals surface area contributed by atoms with Gasteiger partial charge in [-0.15, -0.1) is 0 Å². The predicted molar refractivity (Wildman–Crippen MR) is 77.0 cm³/mol. The molecule has 0 bridgehead atoms. The van der Waals surface area contributed by atoms with E-state index in [0.717, 1.165) is 12.1 Å². The fourth-order valence-corrected chi connectivity index (χ4v) is 2.90. The molecule has 2 N–H and O–H groups in total. The van der Waals surface area contributed by atoms with Crippen LogP contribution in [-0.2, 0) is 6.18 Å². The van der Waals surface area contributed by atoms with Gasteiger partial charge in [-0.2, -0.15) is 28.6 Å². The van der Waals surface area contributed by atoms with Crippen LogP contribution in [0.5, 0.6) is 0 Å². The number of hydrogen-bond acceptors (Lipinski definition) is 4. The Morgan fingerprint density at radius 3 is 2.75 bits per heavy atom. The number of aromatic amines is 1. The number of carbonyl (C=O) groups excluding carboxylic acids is 1. The Bertz CT molecular complexity index is 759. The maximum Gasteiger partial charge on any atom is 0.416 e. The molecule has 0 spiro atoms. The maximum atomic E-state index is 12.9. The number of benzene rings is 1. The molecule has 1 aliphatic heterocycles. The van der Waals surface area contributed by atoms with E-state index in [9.17, 15) is 23.1 Å². The van der Waals surface area contributed by atoms with E-state index < -0.39 is 29.8 Å². The van der Waals surface area contributed by atoms with Crippen LogP contribution in [0.4, 0.5) is 13.2 Å². The van der Waals surface area contributed by atoms with Crippen molar-refractivity contribution in [2.24, 2.45) is 0 Å². The smallest absolute Gasteiger partial charge is 0.391 e. The molecule has 2 heterocycles. The zero-order chi connectivity index (χ0) is 17.5. The van der Waals surface area contributed by atoms with E-state index >= 15 is 0 Å². The molecule has 0 radical (unpaired) electrons. The van der Waals surface area contributed by atoms with E-state index in [4.69, 9.17) is 0 Å². The van der Waals surface area contributed by atoms with Crippen LogP contribution in [0, 0.1) is 6.92 Å². The lowest BCUT2D eigenvalue weighted by atomic mass is 10.0. The van der Waals surface area contributed by atoms with Crippen molar-refractivity contribution in [3.8, 4) is 0 Å². The van der Waals surface area contributed by atoms with Gasteiger partial charge in [-0.3, -0.25) is 4.79 Å². The summed E-state index contributed by atoms with van der Waals surface area (Å²) in [6.07, 6.45) is -5.10. The number of carbonyl (C=O) groups is 1. The number of nitrogens with zero attached hydrogens (tertiary/aromatic N) is 3. The molecule has 0 aliphatic carbocycles. The van der Waals surface area contributed by atoms with Crippen LogP contribution in [0.3, 0.4) is 0 Å². The van der Waals surface area contributed by atoms with Gasteiger partial charge in [-0.1, -0.05) is 12.1 Å². The zero-order valence-corrected chi connectivity index (χ0v) is 12.7. The molecule has 6 nitrogen and oxygen atoms in total. The van der Waals surface area contributed by atoms with Crippen LogP contribution in [0.1, 0.15) is 39.8 Å². The minimum Gasteiger partial charge on any atom is -0.391 e. The van der Waals surface area contributed by atoms with Crippen molar-refractivity contribution in [2.45, 2.75) is 31.7 Å². The largest absolute Gasteiger partial charge is 0.416 e. The van der Waals surface area contributed by atoms with E-state index in [-0.39, 0.29) is 18.7 Å². The topological polar surface area (TPSA) is 82.1 Å². The molecule has 1 aliphatic rings. The Morgan fingerprint density at radius 1 is 1.38 bits per heavy atom. The van der Waals surface area contributed by atoms with Gasteiger partial charge in [0, 0.05) is 6.54 Å². The average Bonchev–Trinajstić information content (AvgIpc) is 3.12. The molecule has 24 heavy (non-hydrogen) atoms. The summed E-state index contributed by atoms with van der Waals surface area (Å²) in [6.45, 7) is 1.63. The number of β-amino-alcohol motifs (C(OH)–C–C–N with tert-alkyl or cyclic N) is 1. The highest BCUT2D eigenvalue weighted by Gasteiger charge is 2.38. The van der Waals surface area contributed by atoms with Gasteiger partial charge in [0.25, 0.3) is 5.91 Å². The molecule has 2 aromatic rings. The third-order valence-electron chi connectivity index (χ3n) is 4.06. The first-order valence-corrected chi connectivity index (χ1v) is 7.31. The zero-order valence-electron chi connectivity index (χ0n) is 12.7. The standard InChI is InChI=1S/C15H15F3N4O2/c1-8-13(20-21-19-8)14(24)22-7-11(23)6-12(22)9-3-2-4-10(5-9)15(16,17)18/h2-5,11-12,23H,6-7H2,1H3,(H,19,20,21). The summed E-state index contributed by atoms with van der Waals surface area (Å²) in [7, 11) is 0. The van der Waals surface area contributed by atoms with Crippen molar-refractivity contribution in [1.29, 1.82) is 0 Å². The van der Waals surface area contributed by atoms with E-state index in [1.807, 2.05) is 0 Å². The first kappa shape index (κ1) is 16.4. The van der Waals surface area contributed by atoms with Gasteiger partial charge >= 0.3 is 6.18 Å². The third kappa shape index (κ3) is 2.99. The molecule has 1 aromatic heterocycles. The van der Waals surface area contributed by atoms with E-state index in [2.05, 4.69) is 15.4 Å². The molecule has 2 atom stereocenters. The number of hydrogen-bond donors (Lipinski definition) is 2. The summed E-state index contributed by atoms with van der Waals surface area (Å²) in [5, 5.41) is 19.8. The molecule has 1 fully saturated rings. The highest BCUT2D eigenvalue weighted by atomic mass is 19.4. The minimum atomic E-state index is -4.47. The van der Waals surface area contributed by atoms with Crippen LogP contribution in [0.2, 0.25) is 0 Å². The van der Waals surface area contributed by atoms with Gasteiger partial charge in [-0.25, -0.2) is 0 Å². The molecule has 1 saturated heterocycles. The van der Waals surface area contributed by atoms with Gasteiger partial charge in [-0.05, 0) is 31.0 Å². The molecule has 3 rings (SSSR count). The number of aliphatic hydroxyl groups is 1. The van der Waals surface area contributed by atoms with Crippen LogP contribution in [-0.4, -0.2) is 44.0 Å². The maximum absolute atomic E-state index is 12.9. The Kier molecular flexibility index (Phi) is 4.04. The van der Waals surface area contributed by atoms with Gasteiger partial charge in [0.1, 0.15) is 0 Å². The Hall–Kier alpha value is -2.42. The predicted octanol–water partition coefficient (Wildman–Crippen LogP) is 2.08. The quantitative estimate of drug-likeness (QED) is 0.877. The first-order valence-electron chi connectivity index (χ1n) is 7.31. The number of rotatable bonds is 2. The second kappa shape index (κ2) is 5.90. The van der Waals surface area contributed by atoms with Crippen molar-refractivity contribution in [1.82, 2.24) is 20.3 Å². The highest BCUT2D eigenvalue weighted by molar-refractivity contribution is 5.93. The number of aromatic nitrogens is 3. The van der Waals surface area contributed by atoms with E-state index in [0.29, 0.717) is 11.3 Å². The van der Waals surface area contributed by atoms with E-state index in [1.165, 1.54) is 17.0 Å². The molecule has 9 heteroatoms. The number of aryl methyl sites for hydroxylation is 1. The first-order chi connectivity index (χ1) is 11.3. The molecular weight excluding hydrogens is 325 g/mol. The lowest BCUT2D eigenvalue weighted by Crippen LogP contribution is -2.32. The fraction of sp³-hybridized carbons (Fsp3) is 0.400. The number of amides is 1. The Labute approximate surface area is 135 Å². The summed E-state index contributed by atoms with van der Waals surface area (Å²) in [5.74, 6) is -0.472. The third-order valence-corrected chi connectivity index (χ3v) is 4.06. The molecule has 1 aromatic carbocycles. The second-order valence-electron chi connectivity index (χ2n) is 5.74. The summed E-state index contributed by atoms with van der Waals surface area (Å²) in [6, 6.07) is 4.16. The molecule has 0 saturated carbocycles. The van der Waals surface area contributed by atoms with Gasteiger partial charge in [0.15, 0.2) is 5.69 Å². The van der Waals surface area contributed by atoms with Gasteiger partial charge in [0.05, 0.1) is 23.4 Å². The monoisotopic (exact) mass is 340 g/mol. The Balaban J connectivity index is 1.94. The minimum absolute atomic E-state index is 0.0338. The number of aliphatic hydroxyl groups excluding tert-OH is 1. The van der Waals surface area contributed by atoms with Crippen LogP contribution in [0.25, 0.3) is 0 Å². The summed E-state index contributed by atoms with van der Waals surface area (Å²) in [5.41, 5.74) is 0.0348. The normalized spacial score (nSPS) is 21.3. The number of H-pyrrole nitrogens is 1. The number of halogens is 3. The van der Waals surface area contributed by atoms with Crippen LogP contribution in [0.15, 0.2) is 24.3 Å². The summed E-state index contributed by atoms with van der Waals surface area (Å²) >= 11 is 0. The lowest BCUT2D eigenvalue weighted by Gasteiger charge is -2.24. The highest BCUT2D eigenvalue weighted by Crippen LogP contribution is 2.36. The van der Waals surface area contributed by atoms with Crippen molar-refractivity contribution in [3.63, 3.8) is 0 Å². The number of nitrogens with one attached hydrogen (secondary N) is 1. The van der Waals surface area contributed by atoms with Crippen molar-refractivity contribution < 1.29 is 23.1 Å². The number of alkyl halides is 3. The SMILES string of the molecule is Cc1n[nH]nc1C(=O)N1CC(O)CC1c1cccc(C(F)(F)F)c1. The lowest BCUT2D eigenvalue weighted by molar-refractivity contribution is -0.137. The Morgan fingerprint density at radius 2 is 2.12 bits per heavy atom. The van der Waals surface area contributed by atoms with Crippen molar-refractivity contribution >= 4 is 5.91 Å². The number of likely N-dealkylation sites (tertiary alicyclic amines) is 1. The van der Waals surface area contributed by atoms with E-state index in [1.54, 1.807) is 6.92 Å². The fourth-order valence-electron chi connectivity index (χ4n) is 2.90. The molecule has 2 unspecified atom stereocenters. The van der Waals surface area contributed by atoms with Crippen LogP contribution >= 0.6 is 0 Å². The van der Waals surface area contributed by atoms with Gasteiger partial charge < -0.3 is 10.0 Å². The van der Waals surface area contributed by atoms with Crippen molar-refractivity contribution in [2.75, 3.05) is 6.54 Å². The van der Waals surface area contributed by atoms with Crippen LogP contribution < -0.4 is 0 Å². The average molecular weight is 340 g/mol. The van der Waals surface area contributed by atoms with Gasteiger partial charge in [0.2, 0.25) is 0 Å². The second-order valence-corrected chi connectivity index (χ2v) is 5.74. The molecular formula is C15H15F3N4O2. The molecule has 1 amide bonds. The van der Waals surface area contributed by atoms with Crippen molar-refractivity contribution in [3.05, 3.63) is 46.8 Å². The summed E-state index contributed by atoms with van der Waals surface area (Å²) in [4.78, 5) is 13.9. The summed E-state index contributed by atoms with van der Waals surface area (Å²) < 4.78 is 38.7.